The van der Waals surface area contributed by atoms with E-state index >= 15 is 0 Å². The van der Waals surface area contributed by atoms with Crippen molar-refractivity contribution in [3.05, 3.63) is 214 Å². The molecule has 64 heavy (non-hydrogen) atoms. The number of rotatable bonds is 17. The molecule has 15 heteroatoms. The number of thiazole rings is 1. The number of esters is 1. The fraction of sp³-hybridized carbons (Fsp3) is 0.163. The Bertz CT molecular complexity index is 2520. The number of allylic oxidation sites excluding steroid dienone is 2. The van der Waals surface area contributed by atoms with Crippen molar-refractivity contribution in [2.24, 2.45) is 5.16 Å². The topological polar surface area (TPSA) is 122 Å². The minimum Gasteiger partial charge on any atom is -0.448 e. The molecule has 1 saturated heterocycles. The highest BCUT2D eigenvalue weighted by atomic mass is 35.5. The molecule has 0 saturated carbocycles. The lowest BCUT2D eigenvalue weighted by Gasteiger charge is -2.49. The van der Waals surface area contributed by atoms with Crippen molar-refractivity contribution >= 4 is 63.3 Å². The predicted octanol–water partition coefficient (Wildman–Crippen LogP) is 9.31. The third-order valence-corrected chi connectivity index (χ3v) is 12.8. The van der Waals surface area contributed by atoms with E-state index in [4.69, 9.17) is 26.2 Å². The minimum absolute atomic E-state index is 0.0211. The van der Waals surface area contributed by atoms with E-state index in [1.807, 2.05) is 152 Å². The van der Waals surface area contributed by atoms with Crippen LogP contribution in [0, 0.1) is 0 Å². The fourth-order valence-corrected chi connectivity index (χ4v) is 9.81. The van der Waals surface area contributed by atoms with Gasteiger partial charge in [0.2, 0.25) is 0 Å². The second-order valence-electron chi connectivity index (χ2n) is 14.5. The number of nitrogens with zero attached hydrogens (tertiary/aromatic N) is 3. The standard InChI is InChI=1S/C49H40ClF2N5O5S2/c50-28-16-21-34-30-63-46-41(45(59)57(46)42(34)47(60)62-43(32-17-6-1-7-18-32)33-19-8-2-9-20-33)54-44(58)40(56-61-29-39(51)52)38-31-64-48(53-38)55-49(35-22-10-3-11-23-35,36-24-12-4-13-25-36)37-26-14-5-15-27-37/h1-27,31,39,41,43,46H,28-30H2,(H,53,55)(H,54,58)/b21-16+,56-40-/t41-,46-/m1/s1. The third-order valence-electron chi connectivity index (χ3n) is 10.5. The average molecular weight is 916 g/mol. The molecular formula is C49H40ClF2N5O5S2. The summed E-state index contributed by atoms with van der Waals surface area (Å²) in [4.78, 5) is 53.7. The van der Waals surface area contributed by atoms with E-state index in [1.165, 1.54) is 28.0 Å². The van der Waals surface area contributed by atoms with Crippen LogP contribution in [0.25, 0.3) is 0 Å². The number of hydrogen-bond acceptors (Lipinski definition) is 10. The van der Waals surface area contributed by atoms with E-state index in [9.17, 15) is 23.2 Å². The van der Waals surface area contributed by atoms with E-state index in [0.29, 0.717) is 10.7 Å². The number of thioether (sulfide) groups is 1. The van der Waals surface area contributed by atoms with Gasteiger partial charge in [0.15, 0.2) is 23.6 Å². The van der Waals surface area contributed by atoms with Crippen molar-refractivity contribution in [2.75, 3.05) is 23.6 Å². The normalized spacial score (nSPS) is 16.4. The van der Waals surface area contributed by atoms with Gasteiger partial charge in [0, 0.05) is 17.0 Å². The van der Waals surface area contributed by atoms with E-state index in [2.05, 4.69) is 15.8 Å². The average Bonchev–Trinajstić information content (AvgIpc) is 3.81. The van der Waals surface area contributed by atoms with E-state index in [1.54, 1.807) is 17.5 Å². The Labute approximate surface area is 381 Å². The Kier molecular flexibility index (Phi) is 13.9. The van der Waals surface area contributed by atoms with Crippen molar-refractivity contribution in [1.82, 2.24) is 15.2 Å². The molecule has 2 amide bonds. The van der Waals surface area contributed by atoms with Crippen LogP contribution < -0.4 is 10.6 Å². The maximum Gasteiger partial charge on any atom is 0.356 e. The number of anilines is 1. The maximum absolute atomic E-state index is 14.3. The predicted molar refractivity (Wildman–Crippen MR) is 246 cm³/mol. The number of nitrogens with one attached hydrogen (secondary N) is 2. The lowest BCUT2D eigenvalue weighted by Crippen LogP contribution is -2.71. The number of carbonyl (C=O) groups is 3. The van der Waals surface area contributed by atoms with Gasteiger partial charge in [-0.3, -0.25) is 14.5 Å². The first-order valence-electron chi connectivity index (χ1n) is 20.2. The molecule has 0 spiro atoms. The molecule has 1 aromatic heterocycles. The number of benzene rings is 5. The van der Waals surface area contributed by atoms with Gasteiger partial charge in [-0.15, -0.1) is 34.7 Å². The van der Waals surface area contributed by atoms with Crippen molar-refractivity contribution in [3.63, 3.8) is 0 Å². The number of β-lactam (4-membered cyclic amide) rings is 1. The molecule has 8 rings (SSSR count). The molecule has 6 aromatic rings. The monoisotopic (exact) mass is 915 g/mol. The Balaban J connectivity index is 1.07. The zero-order valence-electron chi connectivity index (χ0n) is 33.9. The molecule has 0 radical (unpaired) electrons. The Morgan fingerprint density at radius 3 is 1.89 bits per heavy atom. The van der Waals surface area contributed by atoms with Gasteiger partial charge in [-0.25, -0.2) is 18.6 Å². The second-order valence-corrected chi connectivity index (χ2v) is 16.8. The largest absolute Gasteiger partial charge is 0.448 e. The summed E-state index contributed by atoms with van der Waals surface area (Å²) in [5, 5.41) is 11.4. The highest BCUT2D eigenvalue weighted by Gasteiger charge is 2.55. The summed E-state index contributed by atoms with van der Waals surface area (Å²) in [5.74, 6) is -1.76. The SMILES string of the molecule is O=C(OC(c1ccccc1)c1ccccc1)C1=C(/C=C/CCl)CS[C@@H]2[C@H](NC(=O)/C(=N\OCC(F)F)c3csc(NC(c4ccccc4)(c4ccccc4)c4ccccc4)n3)C(=O)N12. The number of fused-ring (bicyclic) bond motifs is 1. The van der Waals surface area contributed by atoms with Gasteiger partial charge < -0.3 is 20.2 Å². The summed E-state index contributed by atoms with van der Waals surface area (Å²) in [7, 11) is 0. The molecule has 1 fully saturated rings. The van der Waals surface area contributed by atoms with Gasteiger partial charge >= 0.3 is 5.97 Å². The number of oxime groups is 1. The van der Waals surface area contributed by atoms with Crippen LogP contribution in [0.1, 0.15) is 39.6 Å². The quantitative estimate of drug-likeness (QED) is 0.0232. The number of carbonyl (C=O) groups excluding carboxylic acids is 3. The van der Waals surface area contributed by atoms with Gasteiger partial charge in [-0.1, -0.05) is 169 Å². The highest BCUT2D eigenvalue weighted by Crippen LogP contribution is 2.43. The van der Waals surface area contributed by atoms with E-state index in [-0.39, 0.29) is 23.0 Å². The Morgan fingerprint density at radius 2 is 1.38 bits per heavy atom. The minimum atomic E-state index is -2.88. The first-order chi connectivity index (χ1) is 31.3. The molecule has 324 valence electrons. The van der Waals surface area contributed by atoms with Crippen LogP contribution in [0.15, 0.2) is 186 Å². The van der Waals surface area contributed by atoms with Crippen LogP contribution in [-0.4, -0.2) is 69.5 Å². The van der Waals surface area contributed by atoms with Crippen LogP contribution in [0.5, 0.6) is 0 Å². The van der Waals surface area contributed by atoms with Gasteiger partial charge in [0.25, 0.3) is 18.2 Å². The van der Waals surface area contributed by atoms with Gasteiger partial charge in [-0.2, -0.15) is 0 Å². The Morgan fingerprint density at radius 1 is 0.844 bits per heavy atom. The molecule has 2 aliphatic heterocycles. The molecule has 10 nitrogen and oxygen atoms in total. The van der Waals surface area contributed by atoms with Gasteiger partial charge in [-0.05, 0) is 33.4 Å². The summed E-state index contributed by atoms with van der Waals surface area (Å²) >= 11 is 8.50. The fourth-order valence-electron chi connectivity index (χ4n) is 7.65. The smallest absolute Gasteiger partial charge is 0.356 e. The molecule has 2 atom stereocenters. The lowest BCUT2D eigenvalue weighted by atomic mass is 9.77. The molecule has 5 aromatic carbocycles. The number of ether oxygens (including phenoxy) is 1. The van der Waals surface area contributed by atoms with Crippen LogP contribution in [0.4, 0.5) is 13.9 Å². The molecule has 2 N–H and O–H groups in total. The summed E-state index contributed by atoms with van der Waals surface area (Å²) in [6, 6.07) is 46.9. The van der Waals surface area contributed by atoms with Gasteiger partial charge in [0.05, 0.1) is 0 Å². The van der Waals surface area contributed by atoms with Crippen LogP contribution >= 0.6 is 34.7 Å². The lowest BCUT2D eigenvalue weighted by molar-refractivity contribution is -0.154. The summed E-state index contributed by atoms with van der Waals surface area (Å²) in [6.45, 7) is -1.08. The zero-order chi connectivity index (χ0) is 44.5. The van der Waals surface area contributed by atoms with Gasteiger partial charge in [0.1, 0.15) is 28.3 Å². The molecular weight excluding hydrogens is 876 g/mol. The van der Waals surface area contributed by atoms with Crippen molar-refractivity contribution in [1.29, 1.82) is 0 Å². The molecule has 2 aliphatic rings. The number of amides is 2. The number of aromatic nitrogens is 1. The molecule has 0 bridgehead atoms. The summed E-state index contributed by atoms with van der Waals surface area (Å²) < 4.78 is 32.9. The van der Waals surface area contributed by atoms with Crippen molar-refractivity contribution < 1.29 is 32.7 Å². The third kappa shape index (κ3) is 9.35. The number of halogens is 3. The second kappa shape index (κ2) is 20.3. The summed E-state index contributed by atoms with van der Waals surface area (Å²) in [6.07, 6.45) is -0.306. The van der Waals surface area contributed by atoms with Crippen molar-refractivity contribution in [2.45, 2.75) is 29.5 Å². The molecule has 3 heterocycles. The van der Waals surface area contributed by atoms with E-state index in [0.717, 1.165) is 27.8 Å². The maximum atomic E-state index is 14.3. The van der Waals surface area contributed by atoms with Crippen LogP contribution in [-0.2, 0) is 29.5 Å². The van der Waals surface area contributed by atoms with Crippen LogP contribution in [0.3, 0.4) is 0 Å². The summed E-state index contributed by atoms with van der Waals surface area (Å²) in [5.41, 5.74) is 3.37. The highest BCUT2D eigenvalue weighted by molar-refractivity contribution is 8.00. The first kappa shape index (κ1) is 44.0. The number of alkyl halides is 3. The molecule has 0 unspecified atom stereocenters. The van der Waals surface area contributed by atoms with Crippen LogP contribution in [0.2, 0.25) is 0 Å². The molecule has 0 aliphatic carbocycles. The number of hydrogen-bond donors (Lipinski definition) is 2. The first-order valence-corrected chi connectivity index (χ1v) is 22.7. The Hall–Kier alpha value is -6.61. The van der Waals surface area contributed by atoms with E-state index < -0.39 is 59.6 Å². The zero-order valence-corrected chi connectivity index (χ0v) is 36.3. The van der Waals surface area contributed by atoms with Crippen molar-refractivity contribution in [3.8, 4) is 0 Å².